The van der Waals surface area contributed by atoms with Gasteiger partial charge < -0.3 is 9.73 Å². The van der Waals surface area contributed by atoms with Gasteiger partial charge in [-0.3, -0.25) is 4.79 Å². The smallest absolute Gasteiger partial charge is 0.310 e. The van der Waals surface area contributed by atoms with Crippen molar-refractivity contribution < 1.29 is 37.1 Å². The predicted octanol–water partition coefficient (Wildman–Crippen LogP) is 3.92. The Morgan fingerprint density at radius 1 is 1.18 bits per heavy atom. The van der Waals surface area contributed by atoms with Gasteiger partial charge in [-0.05, 0) is 24.6 Å². The van der Waals surface area contributed by atoms with E-state index in [4.69, 9.17) is 4.42 Å². The van der Waals surface area contributed by atoms with Gasteiger partial charge in [0.1, 0.15) is 11.2 Å². The van der Waals surface area contributed by atoms with Gasteiger partial charge in [-0.15, -0.1) is 0 Å². The fraction of sp³-hybridized carbons (Fsp3) is 0.231. The van der Waals surface area contributed by atoms with Crippen molar-refractivity contribution in [2.75, 3.05) is 19.4 Å². The summed E-state index contributed by atoms with van der Waals surface area (Å²) in [6, 6.07) is 0.769. The Bertz CT molecular complexity index is 1040. The van der Waals surface area contributed by atoms with Crippen LogP contribution in [0.15, 0.2) is 33.8 Å². The molecule has 0 aliphatic carbocycles. The third kappa shape index (κ3) is 5.11. The van der Waals surface area contributed by atoms with Crippen LogP contribution in [0.25, 0.3) is 0 Å². The van der Waals surface area contributed by atoms with Gasteiger partial charge in [0.15, 0.2) is 5.69 Å². The number of amides is 1. The fourth-order valence-corrected chi connectivity index (χ4v) is 2.97. The van der Waals surface area contributed by atoms with Crippen molar-refractivity contribution in [2.45, 2.75) is 11.8 Å². The summed E-state index contributed by atoms with van der Waals surface area (Å²) in [4.78, 5) is 13.3. The molecule has 0 aliphatic heterocycles. The molecule has 2 N–H and O–H groups in total. The minimum atomic E-state index is -9.90. The fourth-order valence-electron chi connectivity index (χ4n) is 1.79. The van der Waals surface area contributed by atoms with Crippen molar-refractivity contribution in [3.05, 3.63) is 35.7 Å². The molecule has 1 aromatic heterocycles. The molecule has 1 aromatic carbocycles. The minimum Gasteiger partial charge on any atom is -0.431 e. The highest BCUT2D eigenvalue weighted by molar-refractivity contribution is 8.45. The molecule has 1 heterocycles. The third-order valence-corrected chi connectivity index (χ3v) is 5.88. The van der Waals surface area contributed by atoms with E-state index < -0.39 is 42.9 Å². The molecule has 0 spiro atoms. The predicted molar refractivity (Wildman–Crippen MR) is 92.4 cm³/mol. The number of carbonyl (C=O) groups is 1. The average molecular weight is 450 g/mol. The molecule has 0 bridgehead atoms. The number of benzene rings is 1. The lowest BCUT2D eigenvalue weighted by Gasteiger charge is -2.40. The molecular formula is C13H15F5N4O4S2. The molecule has 2 rings (SSSR count). The number of halogens is 5. The number of aryl methyl sites for hydroxylation is 1. The number of rotatable bonds is 6. The number of hydrogen-bond donors (Lipinski definition) is 2. The number of carbonyl (C=O) groups excluding carboxylic acids is 1. The van der Waals surface area contributed by atoms with Crippen LogP contribution in [0.1, 0.15) is 16.1 Å². The Morgan fingerprint density at radius 3 is 2.32 bits per heavy atom. The molecule has 1 amide bonds. The largest absolute Gasteiger partial charge is 0.431 e. The normalized spacial score (nSPS) is 15.0. The molecular weight excluding hydrogens is 435 g/mol. The molecule has 2 aromatic rings. The lowest BCUT2D eigenvalue weighted by atomic mass is 10.2. The van der Waals surface area contributed by atoms with E-state index in [1.54, 1.807) is 4.72 Å². The Morgan fingerprint density at radius 2 is 1.79 bits per heavy atom. The van der Waals surface area contributed by atoms with Crippen LogP contribution in [0, 0.1) is 6.92 Å². The summed E-state index contributed by atoms with van der Waals surface area (Å²) in [6.45, 7) is 1.34. The zero-order chi connectivity index (χ0) is 21.6. The highest BCUT2D eigenvalue weighted by atomic mass is 32.5. The highest BCUT2D eigenvalue weighted by Crippen LogP contribution is 3.02. The summed E-state index contributed by atoms with van der Waals surface area (Å²) < 4.78 is 95.2. The van der Waals surface area contributed by atoms with Gasteiger partial charge in [-0.25, -0.2) is 4.72 Å². The monoisotopic (exact) mass is 450 g/mol. The molecule has 0 radical (unpaired) electrons. The summed E-state index contributed by atoms with van der Waals surface area (Å²) in [6.07, 6.45) is 0.743. The first-order valence-electron chi connectivity index (χ1n) is 7.21. The van der Waals surface area contributed by atoms with E-state index >= 15 is 0 Å². The molecule has 0 unspecified atom stereocenters. The van der Waals surface area contributed by atoms with Gasteiger partial charge in [0.25, 0.3) is 11.9 Å². The Balaban J connectivity index is 2.29. The molecule has 28 heavy (non-hydrogen) atoms. The molecule has 0 aliphatic rings. The standard InChI is InChI=1S/C13H15F5N4O4S2/c1-8-4-5-9(28(14,15,16,17)18)6-10(8)19-13-20-11(7-26-13)12(23)21-27(24,25)22(2)3/h4-7H,1-3H3,(H,19,20)(H,21,23). The lowest BCUT2D eigenvalue weighted by molar-refractivity contribution is 0.0974. The number of anilines is 2. The van der Waals surface area contributed by atoms with Crippen molar-refractivity contribution in [1.29, 1.82) is 0 Å². The Kier molecular flexibility index (Phi) is 4.73. The van der Waals surface area contributed by atoms with Crippen LogP contribution in [0.3, 0.4) is 0 Å². The maximum atomic E-state index is 13.0. The maximum absolute atomic E-state index is 13.0. The summed E-state index contributed by atoms with van der Waals surface area (Å²) in [5.74, 6) is -1.16. The van der Waals surface area contributed by atoms with Crippen molar-refractivity contribution >= 4 is 38.0 Å². The lowest BCUT2D eigenvalue weighted by Crippen LogP contribution is -2.39. The van der Waals surface area contributed by atoms with E-state index in [9.17, 15) is 32.6 Å². The summed E-state index contributed by atoms with van der Waals surface area (Å²) in [5, 5.41) is 2.25. The summed E-state index contributed by atoms with van der Waals surface area (Å²) in [5.41, 5.74) is -0.736. The maximum Gasteiger partial charge on any atom is 0.310 e. The van der Waals surface area contributed by atoms with Crippen LogP contribution >= 0.6 is 10.2 Å². The van der Waals surface area contributed by atoms with E-state index in [1.807, 2.05) is 0 Å². The van der Waals surface area contributed by atoms with E-state index in [-0.39, 0.29) is 23.4 Å². The van der Waals surface area contributed by atoms with E-state index in [2.05, 4.69) is 10.3 Å². The molecule has 0 saturated carbocycles. The first kappa shape index (κ1) is 21.9. The first-order valence-corrected chi connectivity index (χ1v) is 10.6. The van der Waals surface area contributed by atoms with Gasteiger partial charge in [-0.2, -0.15) is 17.7 Å². The Labute approximate surface area is 156 Å². The quantitative estimate of drug-likeness (QED) is 0.647. The van der Waals surface area contributed by atoms with Crippen molar-refractivity contribution in [3.63, 3.8) is 0 Å². The Hall–Kier alpha value is -2.39. The molecule has 0 atom stereocenters. The molecule has 158 valence electrons. The first-order chi connectivity index (χ1) is 12.4. The second kappa shape index (κ2) is 6.05. The van der Waals surface area contributed by atoms with Crippen LogP contribution < -0.4 is 10.0 Å². The van der Waals surface area contributed by atoms with Gasteiger partial charge in [0.2, 0.25) is 0 Å². The van der Waals surface area contributed by atoms with Crippen LogP contribution in [0.2, 0.25) is 0 Å². The van der Waals surface area contributed by atoms with E-state index in [1.165, 1.54) is 21.0 Å². The topological polar surface area (TPSA) is 105 Å². The summed E-state index contributed by atoms with van der Waals surface area (Å²) in [7, 11) is -11.7. The number of nitrogens with zero attached hydrogens (tertiary/aromatic N) is 2. The average Bonchev–Trinajstić information content (AvgIpc) is 2.95. The highest BCUT2D eigenvalue weighted by Gasteiger charge is 2.65. The van der Waals surface area contributed by atoms with Gasteiger partial charge in [0.05, 0.1) is 0 Å². The molecule has 0 fully saturated rings. The zero-order valence-electron chi connectivity index (χ0n) is 14.5. The van der Waals surface area contributed by atoms with Gasteiger partial charge in [0, 0.05) is 19.8 Å². The van der Waals surface area contributed by atoms with Crippen molar-refractivity contribution in [3.8, 4) is 0 Å². The number of oxazole rings is 1. The van der Waals surface area contributed by atoms with Crippen LogP contribution in [-0.4, -0.2) is 37.7 Å². The number of hydrogen-bond acceptors (Lipinski definition) is 6. The van der Waals surface area contributed by atoms with Crippen molar-refractivity contribution in [1.82, 2.24) is 14.0 Å². The van der Waals surface area contributed by atoms with Crippen LogP contribution in [0.4, 0.5) is 31.1 Å². The molecule has 15 heteroatoms. The third-order valence-electron chi connectivity index (χ3n) is 3.34. The molecule has 0 saturated heterocycles. The van der Waals surface area contributed by atoms with E-state index in [0.717, 1.165) is 16.6 Å². The van der Waals surface area contributed by atoms with E-state index in [0.29, 0.717) is 0 Å². The van der Waals surface area contributed by atoms with Crippen molar-refractivity contribution in [2.24, 2.45) is 0 Å². The minimum absolute atomic E-state index is 0.157. The van der Waals surface area contributed by atoms with Gasteiger partial charge >= 0.3 is 20.4 Å². The van der Waals surface area contributed by atoms with Crippen LogP contribution in [0.5, 0.6) is 0 Å². The summed E-state index contributed by atoms with van der Waals surface area (Å²) >= 11 is 0. The number of aromatic nitrogens is 1. The second-order valence-corrected chi connectivity index (χ2v) is 10.1. The second-order valence-electron chi connectivity index (χ2n) is 5.83. The van der Waals surface area contributed by atoms with Gasteiger partial charge in [-0.1, -0.05) is 25.5 Å². The van der Waals surface area contributed by atoms with Crippen LogP contribution in [-0.2, 0) is 10.2 Å². The zero-order valence-corrected chi connectivity index (χ0v) is 16.2. The molecule has 8 nitrogen and oxygen atoms in total. The SMILES string of the molecule is Cc1ccc(S(F)(F)(F)(F)F)cc1Nc1nc(C(=O)NS(=O)(=O)N(C)C)co1. The number of nitrogens with one attached hydrogen (secondary N) is 2.